The number of rotatable bonds is 8. The standard InChI is InChI=1S/C20H30Cl2N2O3S/c1-4-5-12-28(26,27)24-10-8-15(9-11-24)19(25)23-14-20(2,3)16-6-7-17(21)18(22)13-16/h6-7,13,15H,4-5,8-12,14H2,1-3H3,(H,23,25). The third-order valence-corrected chi connectivity index (χ3v) is 8.08. The summed E-state index contributed by atoms with van der Waals surface area (Å²) >= 11 is 12.1. The maximum atomic E-state index is 12.6. The lowest BCUT2D eigenvalue weighted by Gasteiger charge is -2.32. The number of amides is 1. The van der Waals surface area contributed by atoms with E-state index in [4.69, 9.17) is 23.2 Å². The molecule has 0 atom stereocenters. The Morgan fingerprint density at radius 1 is 1.21 bits per heavy atom. The highest BCUT2D eigenvalue weighted by molar-refractivity contribution is 7.89. The Labute approximate surface area is 178 Å². The van der Waals surface area contributed by atoms with Gasteiger partial charge in [-0.2, -0.15) is 0 Å². The van der Waals surface area contributed by atoms with Crippen LogP contribution >= 0.6 is 23.2 Å². The van der Waals surface area contributed by atoms with Crippen LogP contribution in [0.2, 0.25) is 10.0 Å². The highest BCUT2D eigenvalue weighted by atomic mass is 35.5. The third-order valence-electron chi connectivity index (χ3n) is 5.38. The first-order chi connectivity index (χ1) is 13.1. The molecule has 0 spiro atoms. The van der Waals surface area contributed by atoms with Crippen molar-refractivity contribution in [2.45, 2.75) is 51.9 Å². The molecular formula is C20H30Cl2N2O3S. The summed E-state index contributed by atoms with van der Waals surface area (Å²) in [5.74, 6) is 0.0269. The SMILES string of the molecule is CCCCS(=O)(=O)N1CCC(C(=O)NCC(C)(C)c2ccc(Cl)c(Cl)c2)CC1. The summed E-state index contributed by atoms with van der Waals surface area (Å²) < 4.78 is 26.1. The van der Waals surface area contributed by atoms with Crippen LogP contribution in [0, 0.1) is 5.92 Å². The zero-order valence-corrected chi connectivity index (χ0v) is 19.1. The van der Waals surface area contributed by atoms with E-state index in [0.29, 0.717) is 48.9 Å². The molecule has 5 nitrogen and oxygen atoms in total. The summed E-state index contributed by atoms with van der Waals surface area (Å²) in [5.41, 5.74) is 0.702. The predicted octanol–water partition coefficient (Wildman–Crippen LogP) is 4.23. The Bertz CT molecular complexity index is 789. The molecule has 0 aliphatic carbocycles. The van der Waals surface area contributed by atoms with E-state index in [1.54, 1.807) is 6.07 Å². The Morgan fingerprint density at radius 2 is 1.86 bits per heavy atom. The molecule has 1 aliphatic heterocycles. The Kier molecular flexibility index (Phi) is 8.20. The number of carbonyl (C=O) groups is 1. The van der Waals surface area contributed by atoms with Gasteiger partial charge in [-0.25, -0.2) is 12.7 Å². The molecule has 1 heterocycles. The van der Waals surface area contributed by atoms with Crippen LogP contribution < -0.4 is 5.32 Å². The smallest absolute Gasteiger partial charge is 0.223 e. The number of piperidine rings is 1. The Morgan fingerprint density at radius 3 is 2.43 bits per heavy atom. The van der Waals surface area contributed by atoms with Gasteiger partial charge in [0.1, 0.15) is 0 Å². The zero-order valence-electron chi connectivity index (χ0n) is 16.8. The van der Waals surface area contributed by atoms with Crippen molar-refractivity contribution in [3.63, 3.8) is 0 Å². The first-order valence-corrected chi connectivity index (χ1v) is 12.1. The van der Waals surface area contributed by atoms with Crippen molar-refractivity contribution in [1.82, 2.24) is 9.62 Å². The minimum atomic E-state index is -3.20. The molecule has 1 fully saturated rings. The lowest BCUT2D eigenvalue weighted by molar-refractivity contribution is -0.126. The lowest BCUT2D eigenvalue weighted by atomic mass is 9.84. The van der Waals surface area contributed by atoms with Gasteiger partial charge in [-0.15, -0.1) is 0 Å². The van der Waals surface area contributed by atoms with E-state index in [9.17, 15) is 13.2 Å². The molecule has 0 radical (unpaired) electrons. The molecule has 0 aromatic heterocycles. The number of benzene rings is 1. The number of carbonyl (C=O) groups excluding carboxylic acids is 1. The van der Waals surface area contributed by atoms with Gasteiger partial charge >= 0.3 is 0 Å². The van der Waals surface area contributed by atoms with Gasteiger partial charge in [0.15, 0.2) is 0 Å². The van der Waals surface area contributed by atoms with Gasteiger partial charge in [-0.3, -0.25) is 4.79 Å². The largest absolute Gasteiger partial charge is 0.355 e. The molecule has 1 amide bonds. The molecule has 0 unspecified atom stereocenters. The molecule has 1 aromatic rings. The van der Waals surface area contributed by atoms with Crippen LogP contribution in [-0.2, 0) is 20.2 Å². The van der Waals surface area contributed by atoms with Crippen LogP contribution in [0.15, 0.2) is 18.2 Å². The van der Waals surface area contributed by atoms with E-state index in [1.165, 1.54) is 4.31 Å². The van der Waals surface area contributed by atoms with Crippen LogP contribution in [0.1, 0.15) is 52.0 Å². The number of hydrogen-bond acceptors (Lipinski definition) is 3. The number of unbranched alkanes of at least 4 members (excludes halogenated alkanes) is 1. The minimum Gasteiger partial charge on any atom is -0.355 e. The maximum absolute atomic E-state index is 12.6. The second kappa shape index (κ2) is 9.79. The van der Waals surface area contributed by atoms with Gasteiger partial charge in [-0.1, -0.05) is 56.5 Å². The number of halogens is 2. The van der Waals surface area contributed by atoms with Gasteiger partial charge in [0.2, 0.25) is 15.9 Å². The minimum absolute atomic E-state index is 0.0151. The molecule has 1 saturated heterocycles. The maximum Gasteiger partial charge on any atom is 0.223 e. The fourth-order valence-electron chi connectivity index (χ4n) is 3.32. The second-order valence-electron chi connectivity index (χ2n) is 8.07. The molecule has 1 N–H and O–H groups in total. The van der Waals surface area contributed by atoms with Crippen LogP contribution in [0.4, 0.5) is 0 Å². The number of hydrogen-bond donors (Lipinski definition) is 1. The van der Waals surface area contributed by atoms with E-state index >= 15 is 0 Å². The van der Waals surface area contributed by atoms with Gasteiger partial charge in [-0.05, 0) is 37.0 Å². The molecule has 1 aliphatic rings. The summed E-state index contributed by atoms with van der Waals surface area (Å²) in [6.07, 6.45) is 2.65. The quantitative estimate of drug-likeness (QED) is 0.646. The van der Waals surface area contributed by atoms with Crippen molar-refractivity contribution in [3.8, 4) is 0 Å². The average molecular weight is 449 g/mol. The van der Waals surface area contributed by atoms with Crippen LogP contribution in [0.5, 0.6) is 0 Å². The lowest BCUT2D eigenvalue weighted by Crippen LogP contribution is -2.45. The van der Waals surface area contributed by atoms with Crippen molar-refractivity contribution >= 4 is 39.1 Å². The Balaban J connectivity index is 1.88. The first-order valence-electron chi connectivity index (χ1n) is 9.78. The first kappa shape index (κ1) is 23.5. The molecule has 8 heteroatoms. The van der Waals surface area contributed by atoms with E-state index < -0.39 is 10.0 Å². The van der Waals surface area contributed by atoms with Gasteiger partial charge in [0.25, 0.3) is 0 Å². The fraction of sp³-hybridized carbons (Fsp3) is 0.650. The summed E-state index contributed by atoms with van der Waals surface area (Å²) in [4.78, 5) is 12.6. The zero-order chi connectivity index (χ0) is 20.9. The predicted molar refractivity (Wildman–Crippen MR) is 115 cm³/mol. The van der Waals surface area contributed by atoms with Crippen LogP contribution in [0.3, 0.4) is 0 Å². The molecule has 28 heavy (non-hydrogen) atoms. The summed E-state index contributed by atoms with van der Waals surface area (Å²) in [6, 6.07) is 5.51. The monoisotopic (exact) mass is 448 g/mol. The van der Waals surface area contributed by atoms with Gasteiger partial charge in [0, 0.05) is 31.0 Å². The van der Waals surface area contributed by atoms with E-state index in [-0.39, 0.29) is 23.0 Å². The normalized spacial score (nSPS) is 16.9. The number of nitrogens with one attached hydrogen (secondary N) is 1. The summed E-state index contributed by atoms with van der Waals surface area (Å²) in [5, 5.41) is 4.03. The van der Waals surface area contributed by atoms with Crippen LogP contribution in [0.25, 0.3) is 0 Å². The van der Waals surface area contributed by atoms with Crippen molar-refractivity contribution < 1.29 is 13.2 Å². The van der Waals surface area contributed by atoms with Crippen molar-refractivity contribution in [3.05, 3.63) is 33.8 Å². The number of nitrogens with zero attached hydrogens (tertiary/aromatic N) is 1. The average Bonchev–Trinajstić information content (AvgIpc) is 2.66. The van der Waals surface area contributed by atoms with E-state index in [0.717, 1.165) is 12.0 Å². The molecule has 158 valence electrons. The molecule has 0 bridgehead atoms. The van der Waals surface area contributed by atoms with E-state index in [1.807, 2.05) is 32.9 Å². The van der Waals surface area contributed by atoms with Crippen molar-refractivity contribution in [2.24, 2.45) is 5.92 Å². The van der Waals surface area contributed by atoms with E-state index in [2.05, 4.69) is 5.32 Å². The highest BCUT2D eigenvalue weighted by Crippen LogP contribution is 2.30. The molecule has 0 saturated carbocycles. The number of sulfonamides is 1. The van der Waals surface area contributed by atoms with Crippen molar-refractivity contribution in [2.75, 3.05) is 25.4 Å². The topological polar surface area (TPSA) is 66.5 Å². The summed E-state index contributed by atoms with van der Waals surface area (Å²) in [7, 11) is -3.20. The third kappa shape index (κ3) is 6.09. The van der Waals surface area contributed by atoms with Crippen molar-refractivity contribution in [1.29, 1.82) is 0 Å². The van der Waals surface area contributed by atoms with Crippen LogP contribution in [-0.4, -0.2) is 44.0 Å². The fourth-order valence-corrected chi connectivity index (χ4v) is 5.30. The second-order valence-corrected chi connectivity index (χ2v) is 11.0. The summed E-state index contributed by atoms with van der Waals surface area (Å²) in [6.45, 7) is 7.36. The van der Waals surface area contributed by atoms with Gasteiger partial charge in [0.05, 0.1) is 15.8 Å². The molecule has 2 rings (SSSR count). The molecular weight excluding hydrogens is 419 g/mol. The highest BCUT2D eigenvalue weighted by Gasteiger charge is 2.31. The Hall–Kier alpha value is -0.820. The van der Waals surface area contributed by atoms with Gasteiger partial charge < -0.3 is 5.32 Å². The molecule has 1 aromatic carbocycles.